The summed E-state index contributed by atoms with van der Waals surface area (Å²) in [5.74, 6) is -1.21. The highest BCUT2D eigenvalue weighted by molar-refractivity contribution is 7.91. The SMILES string of the molecule is Cn1c(=O)c(-c2c(Cl)cccc2Cl)cc2cnc(Nc3cc(C(=O)O)c(OCCN4CCS(=O)(=O)CC4)nn3)nc21. The first-order valence-corrected chi connectivity index (χ1v) is 14.8. The van der Waals surface area contributed by atoms with Crippen LogP contribution in [0, 0.1) is 0 Å². The molecule has 1 aliphatic heterocycles. The average Bonchev–Trinajstić information content (AvgIpc) is 2.93. The topological polar surface area (TPSA) is 169 Å². The van der Waals surface area contributed by atoms with Crippen molar-refractivity contribution in [1.29, 1.82) is 0 Å². The molecule has 5 rings (SSSR count). The minimum absolute atomic E-state index is 0.0415. The summed E-state index contributed by atoms with van der Waals surface area (Å²) in [6.45, 7) is 1.28. The quantitative estimate of drug-likeness (QED) is 0.296. The monoisotopic (exact) mass is 619 g/mol. The highest BCUT2D eigenvalue weighted by atomic mass is 35.5. The summed E-state index contributed by atoms with van der Waals surface area (Å²) in [5.41, 5.74) is 0.383. The molecule has 0 spiro atoms. The second-order valence-electron chi connectivity index (χ2n) is 9.21. The van der Waals surface area contributed by atoms with E-state index in [9.17, 15) is 23.1 Å². The number of aromatic carboxylic acids is 1. The van der Waals surface area contributed by atoms with Gasteiger partial charge < -0.3 is 15.2 Å². The number of benzene rings is 1. The molecule has 0 amide bonds. The molecule has 4 heterocycles. The summed E-state index contributed by atoms with van der Waals surface area (Å²) in [7, 11) is -1.45. The molecule has 1 aliphatic rings. The van der Waals surface area contributed by atoms with E-state index in [4.69, 9.17) is 27.9 Å². The third kappa shape index (κ3) is 6.25. The van der Waals surface area contributed by atoms with Crippen LogP contribution in [0.2, 0.25) is 10.0 Å². The molecule has 4 aromatic rings. The summed E-state index contributed by atoms with van der Waals surface area (Å²) in [6, 6.07) is 7.80. The van der Waals surface area contributed by atoms with Gasteiger partial charge in [-0.2, -0.15) is 4.98 Å². The normalized spacial score (nSPS) is 15.1. The number of nitrogens with zero attached hydrogens (tertiary/aromatic N) is 6. The van der Waals surface area contributed by atoms with Gasteiger partial charge in [0.05, 0.1) is 27.1 Å². The molecule has 0 bridgehead atoms. The largest absolute Gasteiger partial charge is 0.477 e. The van der Waals surface area contributed by atoms with E-state index in [1.807, 2.05) is 4.90 Å². The molecule has 0 saturated carbocycles. The molecule has 1 aromatic carbocycles. The number of rotatable bonds is 8. The second kappa shape index (κ2) is 11.6. The molecule has 0 unspecified atom stereocenters. The predicted molar refractivity (Wildman–Crippen MR) is 153 cm³/mol. The van der Waals surface area contributed by atoms with Crippen molar-refractivity contribution >= 4 is 61.8 Å². The smallest absolute Gasteiger partial charge is 0.341 e. The van der Waals surface area contributed by atoms with Gasteiger partial charge in [-0.1, -0.05) is 29.3 Å². The highest BCUT2D eigenvalue weighted by Crippen LogP contribution is 2.33. The lowest BCUT2D eigenvalue weighted by Crippen LogP contribution is -2.42. The van der Waals surface area contributed by atoms with Crippen LogP contribution >= 0.6 is 23.2 Å². The van der Waals surface area contributed by atoms with Gasteiger partial charge in [0, 0.05) is 49.9 Å². The molecule has 41 heavy (non-hydrogen) atoms. The minimum Gasteiger partial charge on any atom is -0.477 e. The Morgan fingerprint density at radius 2 is 1.85 bits per heavy atom. The minimum atomic E-state index is -3.00. The number of hydrogen-bond donors (Lipinski definition) is 2. The van der Waals surface area contributed by atoms with E-state index in [0.29, 0.717) is 46.3 Å². The van der Waals surface area contributed by atoms with E-state index < -0.39 is 15.8 Å². The molecule has 3 aromatic heterocycles. The van der Waals surface area contributed by atoms with Crippen LogP contribution in [-0.4, -0.2) is 86.9 Å². The van der Waals surface area contributed by atoms with Gasteiger partial charge in [-0.05, 0) is 18.2 Å². The van der Waals surface area contributed by atoms with Crippen LogP contribution in [0.25, 0.3) is 22.2 Å². The molecule has 16 heteroatoms. The van der Waals surface area contributed by atoms with E-state index >= 15 is 0 Å². The number of aryl methyl sites for hydroxylation is 1. The van der Waals surface area contributed by atoms with E-state index in [2.05, 4.69) is 25.5 Å². The summed E-state index contributed by atoms with van der Waals surface area (Å²) < 4.78 is 30.0. The van der Waals surface area contributed by atoms with Gasteiger partial charge >= 0.3 is 5.97 Å². The van der Waals surface area contributed by atoms with Crippen LogP contribution in [0.5, 0.6) is 5.88 Å². The Morgan fingerprint density at radius 1 is 1.15 bits per heavy atom. The number of halogens is 2. The van der Waals surface area contributed by atoms with Crippen LogP contribution in [0.4, 0.5) is 11.8 Å². The third-order valence-electron chi connectivity index (χ3n) is 6.49. The number of sulfone groups is 1. The summed E-state index contributed by atoms with van der Waals surface area (Å²) in [5, 5.41) is 21.6. The Labute approximate surface area is 243 Å². The number of carbonyl (C=O) groups is 1. The van der Waals surface area contributed by atoms with Crippen molar-refractivity contribution in [2.24, 2.45) is 7.05 Å². The van der Waals surface area contributed by atoms with Crippen molar-refractivity contribution in [3.63, 3.8) is 0 Å². The molecule has 1 fully saturated rings. The lowest BCUT2D eigenvalue weighted by molar-refractivity contribution is 0.0690. The number of ether oxygens (including phenoxy) is 1. The van der Waals surface area contributed by atoms with Crippen molar-refractivity contribution in [1.82, 2.24) is 29.6 Å². The number of pyridine rings is 1. The molecular weight excluding hydrogens is 597 g/mol. The van der Waals surface area contributed by atoms with E-state index in [-0.39, 0.29) is 52.4 Å². The highest BCUT2D eigenvalue weighted by Gasteiger charge is 2.22. The maximum absolute atomic E-state index is 13.2. The fourth-order valence-electron chi connectivity index (χ4n) is 4.30. The maximum atomic E-state index is 13.2. The molecule has 214 valence electrons. The fraction of sp³-hybridized carbons (Fsp3) is 0.280. The van der Waals surface area contributed by atoms with Gasteiger partial charge in [0.15, 0.2) is 15.7 Å². The third-order valence-corrected chi connectivity index (χ3v) is 8.73. The number of anilines is 2. The van der Waals surface area contributed by atoms with Crippen molar-refractivity contribution in [3.8, 4) is 17.0 Å². The zero-order chi connectivity index (χ0) is 29.3. The van der Waals surface area contributed by atoms with Crippen molar-refractivity contribution < 1.29 is 23.1 Å². The second-order valence-corrected chi connectivity index (χ2v) is 12.3. The van der Waals surface area contributed by atoms with E-state index in [0.717, 1.165) is 0 Å². The molecule has 13 nitrogen and oxygen atoms in total. The van der Waals surface area contributed by atoms with Gasteiger partial charge in [0.2, 0.25) is 11.8 Å². The summed E-state index contributed by atoms with van der Waals surface area (Å²) in [4.78, 5) is 35.6. The molecule has 0 atom stereocenters. The zero-order valence-corrected chi connectivity index (χ0v) is 23.9. The number of carboxylic acid groups (broad SMARTS) is 1. The first-order valence-electron chi connectivity index (χ1n) is 12.3. The molecule has 1 saturated heterocycles. The van der Waals surface area contributed by atoms with Crippen molar-refractivity contribution in [3.05, 3.63) is 62.5 Å². The van der Waals surface area contributed by atoms with Gasteiger partial charge in [-0.15, -0.1) is 10.2 Å². The fourth-order valence-corrected chi connectivity index (χ4v) is 6.18. The maximum Gasteiger partial charge on any atom is 0.341 e. The molecule has 0 aliphatic carbocycles. The van der Waals surface area contributed by atoms with Crippen LogP contribution in [0.15, 0.2) is 41.3 Å². The lowest BCUT2D eigenvalue weighted by atomic mass is 10.1. The molecule has 2 N–H and O–H groups in total. The molecular formula is C25H23Cl2N7O6S. The first-order chi connectivity index (χ1) is 19.5. The average molecular weight is 620 g/mol. The number of aromatic nitrogens is 5. The van der Waals surface area contributed by atoms with Gasteiger partial charge in [-0.3, -0.25) is 14.3 Å². The van der Waals surface area contributed by atoms with Crippen LogP contribution in [0.3, 0.4) is 0 Å². The van der Waals surface area contributed by atoms with Gasteiger partial charge in [-0.25, -0.2) is 18.2 Å². The van der Waals surface area contributed by atoms with Crippen LogP contribution < -0.4 is 15.6 Å². The first kappa shape index (κ1) is 28.7. The zero-order valence-electron chi connectivity index (χ0n) is 21.5. The number of carboxylic acids is 1. The Kier molecular flexibility index (Phi) is 8.09. The van der Waals surface area contributed by atoms with E-state index in [1.54, 1.807) is 31.3 Å². The Balaban J connectivity index is 1.35. The predicted octanol–water partition coefficient (Wildman–Crippen LogP) is 2.64. The summed E-state index contributed by atoms with van der Waals surface area (Å²) in [6.07, 6.45) is 1.49. The Bertz CT molecular complexity index is 1800. The number of nitrogens with one attached hydrogen (secondary N) is 1. The molecule has 0 radical (unpaired) electrons. The standard InChI is InChI=1S/C25H23Cl2N7O6S/c1-33-21-14(11-15(23(33)35)20-17(26)3-2-4-18(20)27)13-28-25(30-21)29-19-12-16(24(36)37)22(32-31-19)40-8-5-34-6-9-41(38,39)10-7-34/h2-4,11-13H,5-10H2,1H3,(H,36,37)(H,28,29,30,31). The van der Waals surface area contributed by atoms with Gasteiger partial charge in [0.25, 0.3) is 5.56 Å². The number of fused-ring (bicyclic) bond motifs is 1. The van der Waals surface area contributed by atoms with Crippen LogP contribution in [-0.2, 0) is 16.9 Å². The lowest BCUT2D eigenvalue weighted by Gasteiger charge is -2.26. The Hall–Kier alpha value is -3.85. The number of hydrogen-bond acceptors (Lipinski definition) is 11. The van der Waals surface area contributed by atoms with Crippen molar-refractivity contribution in [2.45, 2.75) is 0 Å². The summed E-state index contributed by atoms with van der Waals surface area (Å²) >= 11 is 12.6. The van der Waals surface area contributed by atoms with Crippen LogP contribution in [0.1, 0.15) is 10.4 Å². The van der Waals surface area contributed by atoms with Crippen molar-refractivity contribution in [2.75, 3.05) is 43.1 Å². The Morgan fingerprint density at radius 3 is 2.54 bits per heavy atom. The van der Waals surface area contributed by atoms with E-state index in [1.165, 1.54) is 16.8 Å². The van der Waals surface area contributed by atoms with Gasteiger partial charge in [0.1, 0.15) is 17.8 Å².